The normalized spacial score (nSPS) is 24.2. The van der Waals surface area contributed by atoms with Crippen molar-refractivity contribution >= 4 is 5.71 Å². The number of oxime groups is 1. The Labute approximate surface area is 62.3 Å². The molecular formula is C8H15NO. The van der Waals surface area contributed by atoms with Gasteiger partial charge in [-0.25, -0.2) is 0 Å². The lowest BCUT2D eigenvalue weighted by Crippen LogP contribution is -2.09. The summed E-state index contributed by atoms with van der Waals surface area (Å²) in [5.74, 6) is 0.611. The molecule has 0 aromatic heterocycles. The monoisotopic (exact) mass is 141 g/mol. The van der Waals surface area contributed by atoms with E-state index in [1.165, 1.54) is 25.0 Å². The number of rotatable bonds is 3. The average molecular weight is 141 g/mol. The Morgan fingerprint density at radius 1 is 1.70 bits per heavy atom. The summed E-state index contributed by atoms with van der Waals surface area (Å²) >= 11 is 0. The molecule has 1 unspecified atom stereocenters. The van der Waals surface area contributed by atoms with E-state index in [1.54, 1.807) is 0 Å². The Balaban J connectivity index is 2.22. The molecule has 58 valence electrons. The number of hydrogen-bond acceptors (Lipinski definition) is 2. The summed E-state index contributed by atoms with van der Waals surface area (Å²) in [4.78, 5) is 4.95. The lowest BCUT2D eigenvalue weighted by Gasteiger charge is -2.04. The summed E-state index contributed by atoms with van der Waals surface area (Å²) in [6, 6.07) is 0. The molecule has 0 saturated carbocycles. The fourth-order valence-corrected chi connectivity index (χ4v) is 1.17. The van der Waals surface area contributed by atoms with E-state index in [-0.39, 0.29) is 0 Å². The Hall–Kier alpha value is -0.530. The molecule has 0 saturated heterocycles. The molecule has 1 atom stereocenters. The van der Waals surface area contributed by atoms with Crippen LogP contribution in [0.4, 0.5) is 0 Å². The van der Waals surface area contributed by atoms with Crippen LogP contribution in [0.3, 0.4) is 0 Å². The molecule has 1 heterocycles. The molecule has 1 rings (SSSR count). The SMILES string of the molecule is CCCCC1CON=C1C. The van der Waals surface area contributed by atoms with Crippen LogP contribution in [0.2, 0.25) is 0 Å². The Bertz CT molecular complexity index is 131. The third-order valence-corrected chi connectivity index (χ3v) is 1.98. The summed E-state index contributed by atoms with van der Waals surface area (Å²) in [7, 11) is 0. The van der Waals surface area contributed by atoms with Crippen molar-refractivity contribution in [2.45, 2.75) is 33.1 Å². The van der Waals surface area contributed by atoms with Crippen molar-refractivity contribution < 1.29 is 4.84 Å². The van der Waals surface area contributed by atoms with Crippen LogP contribution in [0, 0.1) is 5.92 Å². The molecule has 0 fully saturated rings. The lowest BCUT2D eigenvalue weighted by molar-refractivity contribution is 0.152. The van der Waals surface area contributed by atoms with Crippen molar-refractivity contribution in [1.82, 2.24) is 0 Å². The second-order valence-corrected chi connectivity index (χ2v) is 2.87. The fraction of sp³-hybridized carbons (Fsp3) is 0.875. The smallest absolute Gasteiger partial charge is 0.125 e. The van der Waals surface area contributed by atoms with Crippen molar-refractivity contribution in [2.24, 2.45) is 11.1 Å². The van der Waals surface area contributed by atoms with E-state index in [9.17, 15) is 0 Å². The zero-order valence-electron chi connectivity index (χ0n) is 6.76. The highest BCUT2D eigenvalue weighted by atomic mass is 16.6. The van der Waals surface area contributed by atoms with Gasteiger partial charge >= 0.3 is 0 Å². The molecule has 2 nitrogen and oxygen atoms in total. The van der Waals surface area contributed by atoms with Gasteiger partial charge in [0.05, 0.1) is 5.71 Å². The molecule has 0 aromatic carbocycles. The Morgan fingerprint density at radius 2 is 2.50 bits per heavy atom. The second kappa shape index (κ2) is 3.59. The van der Waals surface area contributed by atoms with Crippen LogP contribution in [-0.2, 0) is 4.84 Å². The van der Waals surface area contributed by atoms with Gasteiger partial charge in [-0.3, -0.25) is 0 Å². The van der Waals surface area contributed by atoms with E-state index in [2.05, 4.69) is 12.1 Å². The maximum Gasteiger partial charge on any atom is 0.125 e. The van der Waals surface area contributed by atoms with E-state index in [0.29, 0.717) is 5.92 Å². The quantitative estimate of drug-likeness (QED) is 0.590. The first-order valence-corrected chi connectivity index (χ1v) is 4.01. The molecule has 0 bridgehead atoms. The van der Waals surface area contributed by atoms with E-state index in [4.69, 9.17) is 4.84 Å². The van der Waals surface area contributed by atoms with E-state index in [1.807, 2.05) is 6.92 Å². The molecule has 0 radical (unpaired) electrons. The minimum absolute atomic E-state index is 0.611. The van der Waals surface area contributed by atoms with Gasteiger partial charge in [0.15, 0.2) is 0 Å². The van der Waals surface area contributed by atoms with Gasteiger partial charge in [-0.2, -0.15) is 0 Å². The predicted molar refractivity (Wildman–Crippen MR) is 42.1 cm³/mol. The first kappa shape index (κ1) is 7.58. The van der Waals surface area contributed by atoms with Crippen LogP contribution in [-0.4, -0.2) is 12.3 Å². The average Bonchev–Trinajstić information content (AvgIpc) is 2.31. The molecule has 0 N–H and O–H groups in total. The molecule has 10 heavy (non-hydrogen) atoms. The largest absolute Gasteiger partial charge is 0.395 e. The number of hydrogen-bond donors (Lipinski definition) is 0. The first-order valence-electron chi connectivity index (χ1n) is 4.01. The number of unbranched alkanes of at least 4 members (excludes halogenated alkanes) is 1. The summed E-state index contributed by atoms with van der Waals surface area (Å²) in [6.45, 7) is 5.07. The van der Waals surface area contributed by atoms with Crippen molar-refractivity contribution in [2.75, 3.05) is 6.61 Å². The van der Waals surface area contributed by atoms with Gasteiger partial charge in [0.25, 0.3) is 0 Å². The minimum atomic E-state index is 0.611. The van der Waals surface area contributed by atoms with Gasteiger partial charge in [0, 0.05) is 5.92 Å². The molecule has 1 aliphatic rings. The zero-order chi connectivity index (χ0) is 7.40. The predicted octanol–water partition coefficient (Wildman–Crippen LogP) is 2.20. The van der Waals surface area contributed by atoms with Crippen LogP contribution >= 0.6 is 0 Å². The van der Waals surface area contributed by atoms with Crippen LogP contribution in [0.5, 0.6) is 0 Å². The summed E-state index contributed by atoms with van der Waals surface area (Å²) in [5.41, 5.74) is 1.17. The highest BCUT2D eigenvalue weighted by molar-refractivity contribution is 5.84. The summed E-state index contributed by atoms with van der Waals surface area (Å²) in [5, 5.41) is 3.89. The highest BCUT2D eigenvalue weighted by Gasteiger charge is 2.17. The number of nitrogens with zero attached hydrogens (tertiary/aromatic N) is 1. The van der Waals surface area contributed by atoms with Gasteiger partial charge in [-0.1, -0.05) is 24.9 Å². The molecule has 1 aliphatic heterocycles. The van der Waals surface area contributed by atoms with Crippen molar-refractivity contribution in [3.05, 3.63) is 0 Å². The van der Waals surface area contributed by atoms with Crippen molar-refractivity contribution in [3.63, 3.8) is 0 Å². The topological polar surface area (TPSA) is 21.6 Å². The van der Waals surface area contributed by atoms with Crippen molar-refractivity contribution in [3.8, 4) is 0 Å². The first-order chi connectivity index (χ1) is 4.84. The summed E-state index contributed by atoms with van der Waals surface area (Å²) in [6.07, 6.45) is 3.80. The molecular weight excluding hydrogens is 126 g/mol. The van der Waals surface area contributed by atoms with Crippen LogP contribution < -0.4 is 0 Å². The van der Waals surface area contributed by atoms with Crippen LogP contribution in [0.1, 0.15) is 33.1 Å². The van der Waals surface area contributed by atoms with E-state index >= 15 is 0 Å². The zero-order valence-corrected chi connectivity index (χ0v) is 6.76. The van der Waals surface area contributed by atoms with Gasteiger partial charge in [0.1, 0.15) is 6.61 Å². The maximum atomic E-state index is 4.95. The van der Waals surface area contributed by atoms with Gasteiger partial charge in [-0.15, -0.1) is 0 Å². The van der Waals surface area contributed by atoms with Crippen LogP contribution in [0.15, 0.2) is 5.16 Å². The second-order valence-electron chi connectivity index (χ2n) is 2.87. The third kappa shape index (κ3) is 1.72. The van der Waals surface area contributed by atoms with Gasteiger partial charge < -0.3 is 4.84 Å². The van der Waals surface area contributed by atoms with Gasteiger partial charge in [-0.05, 0) is 13.3 Å². The summed E-state index contributed by atoms with van der Waals surface area (Å²) < 4.78 is 0. The van der Waals surface area contributed by atoms with Crippen LogP contribution in [0.25, 0.3) is 0 Å². The standard InChI is InChI=1S/C8H15NO/c1-3-4-5-8-6-10-9-7(8)2/h8H,3-6H2,1-2H3. The fourth-order valence-electron chi connectivity index (χ4n) is 1.17. The minimum Gasteiger partial charge on any atom is -0.395 e. The molecule has 0 aliphatic carbocycles. The Kier molecular flexibility index (Phi) is 2.72. The van der Waals surface area contributed by atoms with Crippen molar-refractivity contribution in [1.29, 1.82) is 0 Å². The Morgan fingerprint density at radius 3 is 3.00 bits per heavy atom. The molecule has 0 aromatic rings. The maximum absolute atomic E-state index is 4.95. The third-order valence-electron chi connectivity index (χ3n) is 1.98. The van der Waals surface area contributed by atoms with Gasteiger partial charge in [0.2, 0.25) is 0 Å². The molecule has 0 amide bonds. The van der Waals surface area contributed by atoms with E-state index < -0.39 is 0 Å². The molecule has 2 heteroatoms. The lowest BCUT2D eigenvalue weighted by atomic mass is 9.99. The highest BCUT2D eigenvalue weighted by Crippen LogP contribution is 2.16. The molecule has 0 spiro atoms. The van der Waals surface area contributed by atoms with E-state index in [0.717, 1.165) is 6.61 Å².